The van der Waals surface area contributed by atoms with Crippen LogP contribution in [0.1, 0.15) is 115 Å². The molecule has 2 nitrogen and oxygen atoms in total. The van der Waals surface area contributed by atoms with Gasteiger partial charge in [0.2, 0.25) is 0 Å². The first-order valence-electron chi connectivity index (χ1n) is 12.7. The van der Waals surface area contributed by atoms with Gasteiger partial charge >= 0.3 is 0 Å². The molecule has 31 heavy (non-hydrogen) atoms. The van der Waals surface area contributed by atoms with Gasteiger partial charge in [0.05, 0.1) is 0 Å². The standard InChI is InChI=1S/C29H48O2/c1-20(2)12-9-13-21(3)14-10-15-22(4)16-11-18-29(8)19-17-26-25(7)27(30)23(5)24(6)28(26)31-29/h12,21-22,30H,9-11,13-19H2,1-8H3/t21-,22-,29-/m1/s1. The summed E-state index contributed by atoms with van der Waals surface area (Å²) < 4.78 is 6.60. The largest absolute Gasteiger partial charge is 0.507 e. The molecule has 0 radical (unpaired) electrons. The topological polar surface area (TPSA) is 29.5 Å². The van der Waals surface area contributed by atoms with E-state index in [1.54, 1.807) is 0 Å². The van der Waals surface area contributed by atoms with Crippen molar-refractivity contribution in [2.24, 2.45) is 11.8 Å². The average molecular weight is 429 g/mol. The highest BCUT2D eigenvalue weighted by atomic mass is 16.5. The number of fused-ring (bicyclic) bond motifs is 1. The highest BCUT2D eigenvalue weighted by Gasteiger charge is 2.34. The van der Waals surface area contributed by atoms with Crippen LogP contribution in [0.25, 0.3) is 0 Å². The van der Waals surface area contributed by atoms with Crippen LogP contribution >= 0.6 is 0 Å². The second-order valence-corrected chi connectivity index (χ2v) is 11.0. The van der Waals surface area contributed by atoms with Gasteiger partial charge in [-0.2, -0.15) is 0 Å². The average Bonchev–Trinajstić information content (AvgIpc) is 2.70. The summed E-state index contributed by atoms with van der Waals surface area (Å²) in [4.78, 5) is 0. The molecule has 0 aromatic heterocycles. The predicted octanol–water partition coefficient (Wildman–Crippen LogP) is 8.76. The first-order valence-corrected chi connectivity index (χ1v) is 12.7. The van der Waals surface area contributed by atoms with Gasteiger partial charge in [-0.1, -0.05) is 51.2 Å². The Morgan fingerprint density at radius 3 is 2.23 bits per heavy atom. The monoisotopic (exact) mass is 428 g/mol. The summed E-state index contributed by atoms with van der Waals surface area (Å²) in [6.07, 6.45) is 14.7. The van der Waals surface area contributed by atoms with Crippen molar-refractivity contribution >= 4 is 0 Å². The molecule has 3 atom stereocenters. The molecule has 0 saturated carbocycles. The number of benzene rings is 1. The Bertz CT molecular complexity index is 757. The quantitative estimate of drug-likeness (QED) is 0.357. The zero-order valence-corrected chi connectivity index (χ0v) is 21.7. The van der Waals surface area contributed by atoms with Crippen molar-refractivity contribution in [3.8, 4) is 11.5 Å². The summed E-state index contributed by atoms with van der Waals surface area (Å²) in [5.74, 6) is 3.12. The molecular weight excluding hydrogens is 380 g/mol. The van der Waals surface area contributed by atoms with Crippen molar-refractivity contribution in [2.75, 3.05) is 0 Å². The molecule has 0 saturated heterocycles. The summed E-state index contributed by atoms with van der Waals surface area (Å²) in [6, 6.07) is 0. The van der Waals surface area contributed by atoms with E-state index >= 15 is 0 Å². The molecule has 0 amide bonds. The van der Waals surface area contributed by atoms with Crippen molar-refractivity contribution < 1.29 is 9.84 Å². The molecule has 0 bridgehead atoms. The second-order valence-electron chi connectivity index (χ2n) is 11.0. The van der Waals surface area contributed by atoms with Gasteiger partial charge in [0, 0.05) is 5.56 Å². The Morgan fingerprint density at radius 1 is 0.968 bits per heavy atom. The lowest BCUT2D eigenvalue weighted by Gasteiger charge is -2.38. The molecule has 1 N–H and O–H groups in total. The smallest absolute Gasteiger partial charge is 0.127 e. The molecule has 1 heterocycles. The first-order chi connectivity index (χ1) is 14.5. The SMILES string of the molecule is CC(C)=CCC[C@@H](C)CCC[C@@H](C)CCC[C@]1(C)CCc2c(C)c(O)c(C)c(C)c2O1. The van der Waals surface area contributed by atoms with Crippen LogP contribution in [-0.2, 0) is 6.42 Å². The summed E-state index contributed by atoms with van der Waals surface area (Å²) in [5, 5.41) is 10.4. The lowest BCUT2D eigenvalue weighted by Crippen LogP contribution is -2.37. The Kier molecular flexibility index (Phi) is 9.52. The van der Waals surface area contributed by atoms with Gasteiger partial charge in [-0.05, 0) is 109 Å². The zero-order valence-electron chi connectivity index (χ0n) is 21.7. The Labute approximate surface area is 192 Å². The highest BCUT2D eigenvalue weighted by molar-refractivity contribution is 5.58. The van der Waals surface area contributed by atoms with E-state index in [2.05, 4.69) is 47.6 Å². The molecule has 1 aromatic rings. The second kappa shape index (κ2) is 11.4. The summed E-state index contributed by atoms with van der Waals surface area (Å²) >= 11 is 0. The maximum atomic E-state index is 10.4. The number of phenols is 1. The van der Waals surface area contributed by atoms with Crippen molar-refractivity contribution in [2.45, 2.75) is 125 Å². The minimum Gasteiger partial charge on any atom is -0.507 e. The van der Waals surface area contributed by atoms with E-state index in [4.69, 9.17) is 4.74 Å². The normalized spacial score (nSPS) is 20.0. The minimum absolute atomic E-state index is 0.0766. The number of phenolic OH excluding ortho intramolecular Hbond substituents is 1. The number of allylic oxidation sites excluding steroid dienone is 2. The Morgan fingerprint density at radius 2 is 1.58 bits per heavy atom. The van der Waals surface area contributed by atoms with E-state index in [-0.39, 0.29) is 5.60 Å². The van der Waals surface area contributed by atoms with Gasteiger partial charge in [-0.3, -0.25) is 0 Å². The maximum absolute atomic E-state index is 10.4. The molecule has 0 aliphatic carbocycles. The summed E-state index contributed by atoms with van der Waals surface area (Å²) in [6.45, 7) is 17.6. The molecule has 1 aliphatic heterocycles. The van der Waals surface area contributed by atoms with Crippen LogP contribution in [0.2, 0.25) is 0 Å². The third kappa shape index (κ3) is 7.29. The van der Waals surface area contributed by atoms with Crippen molar-refractivity contribution in [1.29, 1.82) is 0 Å². The van der Waals surface area contributed by atoms with Crippen LogP contribution in [0.4, 0.5) is 0 Å². The molecule has 2 heteroatoms. The van der Waals surface area contributed by atoms with E-state index in [1.807, 2.05) is 13.8 Å². The fourth-order valence-electron chi connectivity index (χ4n) is 5.06. The van der Waals surface area contributed by atoms with Crippen LogP contribution in [0, 0.1) is 32.6 Å². The van der Waals surface area contributed by atoms with E-state index in [0.29, 0.717) is 5.75 Å². The van der Waals surface area contributed by atoms with Gasteiger partial charge in [-0.25, -0.2) is 0 Å². The van der Waals surface area contributed by atoms with Crippen molar-refractivity contribution in [3.05, 3.63) is 33.9 Å². The van der Waals surface area contributed by atoms with Gasteiger partial charge in [0.15, 0.2) is 0 Å². The van der Waals surface area contributed by atoms with Crippen LogP contribution in [0.5, 0.6) is 11.5 Å². The zero-order chi connectivity index (χ0) is 23.2. The van der Waals surface area contributed by atoms with Crippen molar-refractivity contribution in [1.82, 2.24) is 0 Å². The number of ether oxygens (including phenoxy) is 1. The molecule has 0 fully saturated rings. The lowest BCUT2D eigenvalue weighted by atomic mass is 9.84. The molecule has 2 rings (SSSR count). The summed E-state index contributed by atoms with van der Waals surface area (Å²) in [5.41, 5.74) is 5.65. The molecule has 1 aliphatic rings. The molecule has 0 unspecified atom stereocenters. The van der Waals surface area contributed by atoms with Gasteiger partial charge in [0.1, 0.15) is 17.1 Å². The van der Waals surface area contributed by atoms with Crippen LogP contribution in [-0.4, -0.2) is 10.7 Å². The van der Waals surface area contributed by atoms with E-state index in [1.165, 1.54) is 56.1 Å². The minimum atomic E-state index is -0.0766. The molecule has 1 aromatic carbocycles. The van der Waals surface area contributed by atoms with Gasteiger partial charge in [-0.15, -0.1) is 0 Å². The lowest BCUT2D eigenvalue weighted by molar-refractivity contribution is 0.0512. The third-order valence-electron chi connectivity index (χ3n) is 7.60. The van der Waals surface area contributed by atoms with Gasteiger partial charge in [0.25, 0.3) is 0 Å². The first kappa shape index (κ1) is 25.8. The fourth-order valence-corrected chi connectivity index (χ4v) is 5.06. The van der Waals surface area contributed by atoms with Crippen LogP contribution in [0.15, 0.2) is 11.6 Å². The van der Waals surface area contributed by atoms with E-state index in [9.17, 15) is 5.11 Å². The van der Waals surface area contributed by atoms with Crippen molar-refractivity contribution in [3.63, 3.8) is 0 Å². The van der Waals surface area contributed by atoms with Crippen LogP contribution in [0.3, 0.4) is 0 Å². The molecular formula is C29H48O2. The molecule has 0 spiro atoms. The maximum Gasteiger partial charge on any atom is 0.127 e. The predicted molar refractivity (Wildman–Crippen MR) is 134 cm³/mol. The van der Waals surface area contributed by atoms with E-state index in [0.717, 1.165) is 53.5 Å². The van der Waals surface area contributed by atoms with Gasteiger partial charge < -0.3 is 9.84 Å². The number of rotatable bonds is 11. The Hall–Kier alpha value is -1.44. The number of aromatic hydroxyl groups is 1. The van der Waals surface area contributed by atoms with Crippen LogP contribution < -0.4 is 4.74 Å². The number of hydrogen-bond donors (Lipinski definition) is 1. The molecule has 176 valence electrons. The number of hydrogen-bond acceptors (Lipinski definition) is 2. The fraction of sp³-hybridized carbons (Fsp3) is 0.724. The highest BCUT2D eigenvalue weighted by Crippen LogP contribution is 2.44. The summed E-state index contributed by atoms with van der Waals surface area (Å²) in [7, 11) is 0. The third-order valence-corrected chi connectivity index (χ3v) is 7.60. The Balaban J connectivity index is 1.76. The van der Waals surface area contributed by atoms with E-state index < -0.39 is 0 Å².